The van der Waals surface area contributed by atoms with Crippen molar-refractivity contribution in [2.45, 2.75) is 32.2 Å². The summed E-state index contributed by atoms with van der Waals surface area (Å²) < 4.78 is 0. The number of H-pyrrole nitrogens is 1. The molecule has 0 radical (unpaired) electrons. The Bertz CT molecular complexity index is 461. The molecular weight excluding hydrogens is 208 g/mol. The van der Waals surface area contributed by atoms with Crippen molar-refractivity contribution in [2.24, 2.45) is 0 Å². The van der Waals surface area contributed by atoms with Gasteiger partial charge in [-0.25, -0.2) is 0 Å². The zero-order valence-electron chi connectivity index (χ0n) is 10.4. The van der Waals surface area contributed by atoms with Crippen molar-refractivity contribution in [3.63, 3.8) is 0 Å². The fraction of sp³-hybridized carbons (Fsp3) is 0.467. The summed E-state index contributed by atoms with van der Waals surface area (Å²) in [6.07, 6.45) is 4.10. The van der Waals surface area contributed by atoms with Gasteiger partial charge >= 0.3 is 0 Å². The Hall–Kier alpha value is -1.28. The third-order valence-corrected chi connectivity index (χ3v) is 3.94. The molecule has 1 fully saturated rings. The number of aromatic nitrogens is 1. The zero-order valence-corrected chi connectivity index (χ0v) is 10.4. The second-order valence-corrected chi connectivity index (χ2v) is 5.08. The van der Waals surface area contributed by atoms with Crippen molar-refractivity contribution in [2.75, 3.05) is 13.1 Å². The van der Waals surface area contributed by atoms with Crippen molar-refractivity contribution in [1.29, 1.82) is 0 Å². The molecule has 0 saturated carbocycles. The van der Waals surface area contributed by atoms with Crippen LogP contribution in [0.1, 0.15) is 37.9 Å². The van der Waals surface area contributed by atoms with Gasteiger partial charge in [0, 0.05) is 17.3 Å². The number of piperidine rings is 1. The van der Waals surface area contributed by atoms with E-state index in [9.17, 15) is 0 Å². The maximum atomic E-state index is 3.55. The van der Waals surface area contributed by atoms with E-state index in [2.05, 4.69) is 47.1 Å². The van der Waals surface area contributed by atoms with Crippen molar-refractivity contribution in [1.82, 2.24) is 9.88 Å². The largest absolute Gasteiger partial charge is 0.357 e. The molecule has 1 saturated heterocycles. The second kappa shape index (κ2) is 4.53. The predicted molar refractivity (Wildman–Crippen MR) is 72.1 cm³/mol. The van der Waals surface area contributed by atoms with Gasteiger partial charge in [0.1, 0.15) is 0 Å². The number of fused-ring (bicyclic) bond motifs is 1. The highest BCUT2D eigenvalue weighted by molar-refractivity contribution is 5.80. The molecule has 0 spiro atoms. The van der Waals surface area contributed by atoms with Gasteiger partial charge in [-0.3, -0.25) is 4.90 Å². The molecule has 2 heteroatoms. The molecule has 2 nitrogen and oxygen atoms in total. The number of para-hydroxylation sites is 1. The SMILES string of the molecule is CC(c1cc2ccccc2[nH]1)N1CCCCC1. The van der Waals surface area contributed by atoms with E-state index in [0.717, 1.165) is 0 Å². The van der Waals surface area contributed by atoms with Gasteiger partial charge in [-0.1, -0.05) is 24.6 Å². The molecule has 1 unspecified atom stereocenters. The third-order valence-electron chi connectivity index (χ3n) is 3.94. The molecule has 1 aliphatic rings. The first-order valence-electron chi connectivity index (χ1n) is 6.66. The molecule has 90 valence electrons. The van der Waals surface area contributed by atoms with E-state index in [0.29, 0.717) is 6.04 Å². The minimum Gasteiger partial charge on any atom is -0.357 e. The highest BCUT2D eigenvalue weighted by atomic mass is 15.2. The summed E-state index contributed by atoms with van der Waals surface area (Å²) in [5.41, 5.74) is 2.61. The van der Waals surface area contributed by atoms with Gasteiger partial charge in [-0.2, -0.15) is 0 Å². The van der Waals surface area contributed by atoms with Gasteiger partial charge in [0.2, 0.25) is 0 Å². The molecule has 1 aromatic heterocycles. The molecule has 3 rings (SSSR count). The molecule has 0 aliphatic carbocycles. The fourth-order valence-electron chi connectivity index (χ4n) is 2.82. The Balaban J connectivity index is 1.86. The van der Waals surface area contributed by atoms with Crippen LogP contribution in [0, 0.1) is 0 Å². The van der Waals surface area contributed by atoms with E-state index in [-0.39, 0.29) is 0 Å². The van der Waals surface area contributed by atoms with Gasteiger partial charge in [-0.15, -0.1) is 0 Å². The lowest BCUT2D eigenvalue weighted by Crippen LogP contribution is -2.32. The number of aromatic amines is 1. The Morgan fingerprint density at radius 2 is 1.88 bits per heavy atom. The van der Waals surface area contributed by atoms with Crippen molar-refractivity contribution >= 4 is 10.9 Å². The smallest absolute Gasteiger partial charge is 0.0470 e. The lowest BCUT2D eigenvalue weighted by molar-refractivity contribution is 0.172. The van der Waals surface area contributed by atoms with Gasteiger partial charge in [0.05, 0.1) is 0 Å². The van der Waals surface area contributed by atoms with E-state index < -0.39 is 0 Å². The summed E-state index contributed by atoms with van der Waals surface area (Å²) in [4.78, 5) is 6.14. The third kappa shape index (κ3) is 2.09. The van der Waals surface area contributed by atoms with Gasteiger partial charge in [0.25, 0.3) is 0 Å². The van der Waals surface area contributed by atoms with Crippen LogP contribution in [0.3, 0.4) is 0 Å². The monoisotopic (exact) mass is 228 g/mol. The van der Waals surface area contributed by atoms with Gasteiger partial charge in [-0.05, 0) is 50.4 Å². The summed E-state index contributed by atoms with van der Waals surface area (Å²) in [5.74, 6) is 0. The summed E-state index contributed by atoms with van der Waals surface area (Å²) in [6, 6.07) is 11.3. The van der Waals surface area contributed by atoms with Crippen LogP contribution in [-0.2, 0) is 0 Å². The Morgan fingerprint density at radius 3 is 2.65 bits per heavy atom. The van der Waals surface area contributed by atoms with E-state index in [1.807, 2.05) is 0 Å². The molecule has 1 aliphatic heterocycles. The van der Waals surface area contributed by atoms with E-state index >= 15 is 0 Å². The van der Waals surface area contributed by atoms with Crippen LogP contribution < -0.4 is 0 Å². The number of benzene rings is 1. The molecule has 1 N–H and O–H groups in total. The number of rotatable bonds is 2. The van der Waals surface area contributed by atoms with Crippen LogP contribution in [0.4, 0.5) is 0 Å². The summed E-state index contributed by atoms with van der Waals surface area (Å²) in [6.45, 7) is 4.81. The predicted octanol–water partition coefficient (Wildman–Crippen LogP) is 3.71. The number of hydrogen-bond acceptors (Lipinski definition) is 1. The lowest BCUT2D eigenvalue weighted by Gasteiger charge is -2.31. The highest BCUT2D eigenvalue weighted by Crippen LogP contribution is 2.26. The number of nitrogens with zero attached hydrogens (tertiary/aromatic N) is 1. The van der Waals surface area contributed by atoms with Crippen molar-refractivity contribution in [3.8, 4) is 0 Å². The molecule has 1 atom stereocenters. The Kier molecular flexibility index (Phi) is 2.89. The Labute approximate surface area is 103 Å². The fourth-order valence-corrected chi connectivity index (χ4v) is 2.82. The van der Waals surface area contributed by atoms with Gasteiger partial charge in [0.15, 0.2) is 0 Å². The first-order chi connectivity index (χ1) is 8.34. The standard InChI is InChI=1S/C15H20N2/c1-12(17-9-5-2-6-10-17)15-11-13-7-3-4-8-14(13)16-15/h3-4,7-8,11-12,16H,2,5-6,9-10H2,1H3. The number of nitrogens with one attached hydrogen (secondary N) is 1. The quantitative estimate of drug-likeness (QED) is 0.830. The molecular formula is C15H20N2. The average Bonchev–Trinajstić information content (AvgIpc) is 2.82. The molecule has 1 aromatic carbocycles. The summed E-state index contributed by atoms with van der Waals surface area (Å²) in [7, 11) is 0. The minimum atomic E-state index is 0.516. The topological polar surface area (TPSA) is 19.0 Å². The Morgan fingerprint density at radius 1 is 1.12 bits per heavy atom. The molecule has 2 aromatic rings. The van der Waals surface area contributed by atoms with Crippen LogP contribution in [0.5, 0.6) is 0 Å². The number of hydrogen-bond donors (Lipinski definition) is 1. The average molecular weight is 228 g/mol. The van der Waals surface area contributed by atoms with Crippen LogP contribution >= 0.6 is 0 Å². The van der Waals surface area contributed by atoms with E-state index in [4.69, 9.17) is 0 Å². The van der Waals surface area contributed by atoms with Crippen LogP contribution in [0.2, 0.25) is 0 Å². The summed E-state index contributed by atoms with van der Waals surface area (Å²) >= 11 is 0. The van der Waals surface area contributed by atoms with Crippen molar-refractivity contribution < 1.29 is 0 Å². The van der Waals surface area contributed by atoms with E-state index in [1.165, 1.54) is 48.9 Å². The minimum absolute atomic E-state index is 0.516. The van der Waals surface area contributed by atoms with Gasteiger partial charge < -0.3 is 4.98 Å². The number of likely N-dealkylation sites (tertiary alicyclic amines) is 1. The highest BCUT2D eigenvalue weighted by Gasteiger charge is 2.19. The summed E-state index contributed by atoms with van der Waals surface area (Å²) in [5, 5.41) is 1.33. The first-order valence-corrected chi connectivity index (χ1v) is 6.66. The maximum absolute atomic E-state index is 3.55. The second-order valence-electron chi connectivity index (χ2n) is 5.08. The van der Waals surface area contributed by atoms with Crippen LogP contribution in [0.25, 0.3) is 10.9 Å². The molecule has 0 bridgehead atoms. The molecule has 17 heavy (non-hydrogen) atoms. The maximum Gasteiger partial charge on any atom is 0.0470 e. The normalized spacial score (nSPS) is 19.6. The van der Waals surface area contributed by atoms with Crippen LogP contribution in [-0.4, -0.2) is 23.0 Å². The molecule has 0 amide bonds. The zero-order chi connectivity index (χ0) is 11.7. The van der Waals surface area contributed by atoms with Crippen molar-refractivity contribution in [3.05, 3.63) is 36.0 Å². The lowest BCUT2D eigenvalue weighted by atomic mass is 10.1. The molecule has 2 heterocycles. The van der Waals surface area contributed by atoms with Crippen LogP contribution in [0.15, 0.2) is 30.3 Å². The first kappa shape index (κ1) is 10.8. The van der Waals surface area contributed by atoms with E-state index in [1.54, 1.807) is 0 Å².